The second kappa shape index (κ2) is 6.38. The summed E-state index contributed by atoms with van der Waals surface area (Å²) in [6.07, 6.45) is 3.15. The Balaban J connectivity index is 1.96. The van der Waals surface area contributed by atoms with Crippen LogP contribution in [-0.2, 0) is 0 Å². The first-order chi connectivity index (χ1) is 9.20. The van der Waals surface area contributed by atoms with Crippen molar-refractivity contribution in [2.45, 2.75) is 13.8 Å². The van der Waals surface area contributed by atoms with E-state index in [1.807, 2.05) is 24.3 Å². The predicted molar refractivity (Wildman–Crippen MR) is 77.8 cm³/mol. The zero-order valence-electron chi connectivity index (χ0n) is 11.5. The van der Waals surface area contributed by atoms with E-state index in [0.29, 0.717) is 18.4 Å². The maximum Gasteiger partial charge on any atom is 0.181 e. The Bertz CT molecular complexity index is 477. The van der Waals surface area contributed by atoms with E-state index >= 15 is 0 Å². The second-order valence-electron chi connectivity index (χ2n) is 5.06. The highest BCUT2D eigenvalue weighted by atomic mass is 16.3. The average molecular weight is 259 g/mol. The number of benzene rings is 1. The van der Waals surface area contributed by atoms with E-state index in [0.717, 1.165) is 23.6 Å². The van der Waals surface area contributed by atoms with Crippen molar-refractivity contribution in [1.82, 2.24) is 4.98 Å². The van der Waals surface area contributed by atoms with Gasteiger partial charge in [0.25, 0.3) is 0 Å². The SMILES string of the molecule is CC(C)C(CN)CNc1ccc(-c2cnco2)cc1. The number of nitrogens with one attached hydrogen (secondary N) is 1. The summed E-state index contributed by atoms with van der Waals surface area (Å²) in [6, 6.07) is 8.14. The third-order valence-electron chi connectivity index (χ3n) is 3.42. The lowest BCUT2D eigenvalue weighted by Gasteiger charge is -2.19. The van der Waals surface area contributed by atoms with E-state index in [2.05, 4.69) is 24.1 Å². The van der Waals surface area contributed by atoms with Crippen LogP contribution in [-0.4, -0.2) is 18.1 Å². The van der Waals surface area contributed by atoms with Gasteiger partial charge in [-0.05, 0) is 42.6 Å². The minimum atomic E-state index is 0.494. The molecular weight excluding hydrogens is 238 g/mol. The molecule has 3 N–H and O–H groups in total. The highest BCUT2D eigenvalue weighted by Gasteiger charge is 2.10. The summed E-state index contributed by atoms with van der Waals surface area (Å²) in [4.78, 5) is 3.91. The summed E-state index contributed by atoms with van der Waals surface area (Å²) >= 11 is 0. The van der Waals surface area contributed by atoms with Gasteiger partial charge in [0, 0.05) is 17.8 Å². The van der Waals surface area contributed by atoms with Crippen molar-refractivity contribution in [1.29, 1.82) is 0 Å². The highest BCUT2D eigenvalue weighted by Crippen LogP contribution is 2.21. The second-order valence-corrected chi connectivity index (χ2v) is 5.06. The van der Waals surface area contributed by atoms with Crippen LogP contribution in [0.25, 0.3) is 11.3 Å². The van der Waals surface area contributed by atoms with Gasteiger partial charge in [0.05, 0.1) is 6.20 Å². The molecule has 102 valence electrons. The Hall–Kier alpha value is -1.81. The molecule has 1 aromatic carbocycles. The molecule has 0 bridgehead atoms. The maximum absolute atomic E-state index is 5.77. The molecule has 0 aliphatic carbocycles. The molecule has 2 aromatic rings. The molecule has 0 aliphatic rings. The van der Waals surface area contributed by atoms with E-state index in [9.17, 15) is 0 Å². The van der Waals surface area contributed by atoms with Crippen molar-refractivity contribution in [3.8, 4) is 11.3 Å². The first kappa shape index (κ1) is 13.6. The third kappa shape index (κ3) is 3.58. The van der Waals surface area contributed by atoms with Crippen molar-refractivity contribution in [2.75, 3.05) is 18.4 Å². The standard InChI is InChI=1S/C15H21N3O/c1-11(2)13(7-16)8-18-14-5-3-12(4-6-14)15-9-17-10-19-15/h3-6,9-11,13,18H,7-8,16H2,1-2H3. The average Bonchev–Trinajstić information content (AvgIpc) is 2.94. The summed E-state index contributed by atoms with van der Waals surface area (Å²) in [5.74, 6) is 1.87. The minimum Gasteiger partial charge on any atom is -0.444 e. The lowest BCUT2D eigenvalue weighted by Crippen LogP contribution is -2.27. The fourth-order valence-electron chi connectivity index (χ4n) is 1.95. The van der Waals surface area contributed by atoms with Crippen LogP contribution in [0.4, 0.5) is 5.69 Å². The van der Waals surface area contributed by atoms with Crippen LogP contribution in [0.5, 0.6) is 0 Å². The van der Waals surface area contributed by atoms with E-state index in [1.54, 1.807) is 6.20 Å². The third-order valence-corrected chi connectivity index (χ3v) is 3.42. The number of aromatic nitrogens is 1. The summed E-state index contributed by atoms with van der Waals surface area (Å²) in [6.45, 7) is 6.01. The molecule has 19 heavy (non-hydrogen) atoms. The molecule has 4 heteroatoms. The number of hydrogen-bond donors (Lipinski definition) is 2. The molecule has 1 heterocycles. The molecule has 1 aromatic heterocycles. The van der Waals surface area contributed by atoms with E-state index in [-0.39, 0.29) is 0 Å². The van der Waals surface area contributed by atoms with Gasteiger partial charge in [-0.15, -0.1) is 0 Å². The van der Waals surface area contributed by atoms with Gasteiger partial charge < -0.3 is 15.5 Å². The van der Waals surface area contributed by atoms with Crippen molar-refractivity contribution >= 4 is 5.69 Å². The Morgan fingerprint density at radius 2 is 2.00 bits per heavy atom. The van der Waals surface area contributed by atoms with Gasteiger partial charge in [-0.2, -0.15) is 0 Å². The normalized spacial score (nSPS) is 12.6. The first-order valence-corrected chi connectivity index (χ1v) is 6.63. The number of anilines is 1. The molecule has 2 rings (SSSR count). The Morgan fingerprint density at radius 3 is 2.53 bits per heavy atom. The highest BCUT2D eigenvalue weighted by molar-refractivity contribution is 5.60. The molecule has 1 atom stereocenters. The summed E-state index contributed by atoms with van der Waals surface area (Å²) in [5.41, 5.74) is 7.90. The van der Waals surface area contributed by atoms with Crippen LogP contribution in [0.2, 0.25) is 0 Å². The van der Waals surface area contributed by atoms with Crippen LogP contribution in [0, 0.1) is 11.8 Å². The van der Waals surface area contributed by atoms with Gasteiger partial charge in [-0.25, -0.2) is 4.98 Å². The number of oxazole rings is 1. The van der Waals surface area contributed by atoms with Crippen LogP contribution in [0.15, 0.2) is 41.3 Å². The fraction of sp³-hybridized carbons (Fsp3) is 0.400. The number of nitrogens with two attached hydrogens (primary N) is 1. The molecule has 0 aliphatic heterocycles. The van der Waals surface area contributed by atoms with Crippen LogP contribution in [0.3, 0.4) is 0 Å². The fourth-order valence-corrected chi connectivity index (χ4v) is 1.95. The Labute approximate surface area is 114 Å². The van der Waals surface area contributed by atoms with Crippen molar-refractivity contribution in [3.05, 3.63) is 36.9 Å². The van der Waals surface area contributed by atoms with Gasteiger partial charge >= 0.3 is 0 Å². The summed E-state index contributed by atoms with van der Waals surface area (Å²) in [5, 5.41) is 3.42. The zero-order chi connectivity index (χ0) is 13.7. The lowest BCUT2D eigenvalue weighted by molar-refractivity contribution is 0.413. The summed E-state index contributed by atoms with van der Waals surface area (Å²) in [7, 11) is 0. The molecule has 4 nitrogen and oxygen atoms in total. The summed E-state index contributed by atoms with van der Waals surface area (Å²) < 4.78 is 5.26. The van der Waals surface area contributed by atoms with Gasteiger partial charge in [0.1, 0.15) is 0 Å². The molecule has 1 unspecified atom stereocenters. The zero-order valence-corrected chi connectivity index (χ0v) is 11.5. The molecule has 0 radical (unpaired) electrons. The van der Waals surface area contributed by atoms with Gasteiger partial charge in [0.2, 0.25) is 0 Å². The number of nitrogens with zero attached hydrogens (tertiary/aromatic N) is 1. The van der Waals surface area contributed by atoms with Crippen molar-refractivity contribution < 1.29 is 4.42 Å². The molecule has 0 saturated carbocycles. The van der Waals surface area contributed by atoms with Gasteiger partial charge in [0.15, 0.2) is 12.2 Å². The number of hydrogen-bond acceptors (Lipinski definition) is 4. The maximum atomic E-state index is 5.77. The monoisotopic (exact) mass is 259 g/mol. The van der Waals surface area contributed by atoms with Crippen LogP contribution in [0.1, 0.15) is 13.8 Å². The van der Waals surface area contributed by atoms with Crippen LogP contribution < -0.4 is 11.1 Å². The first-order valence-electron chi connectivity index (χ1n) is 6.63. The van der Waals surface area contributed by atoms with Crippen molar-refractivity contribution in [3.63, 3.8) is 0 Å². The van der Waals surface area contributed by atoms with E-state index in [1.165, 1.54) is 6.39 Å². The predicted octanol–water partition coefficient (Wildman–Crippen LogP) is 2.98. The smallest absolute Gasteiger partial charge is 0.181 e. The van der Waals surface area contributed by atoms with Gasteiger partial charge in [-0.3, -0.25) is 0 Å². The molecule has 0 amide bonds. The quantitative estimate of drug-likeness (QED) is 0.837. The molecule has 0 spiro atoms. The Morgan fingerprint density at radius 1 is 1.26 bits per heavy atom. The van der Waals surface area contributed by atoms with Gasteiger partial charge in [-0.1, -0.05) is 13.8 Å². The topological polar surface area (TPSA) is 64.1 Å². The largest absolute Gasteiger partial charge is 0.444 e. The molecule has 0 saturated heterocycles. The molecular formula is C15H21N3O. The lowest BCUT2D eigenvalue weighted by atomic mass is 9.96. The van der Waals surface area contributed by atoms with Crippen molar-refractivity contribution in [2.24, 2.45) is 17.6 Å². The molecule has 0 fully saturated rings. The Kier molecular flexibility index (Phi) is 4.58. The minimum absolute atomic E-state index is 0.494. The van der Waals surface area contributed by atoms with Crippen LogP contribution >= 0.6 is 0 Å². The number of rotatable bonds is 6. The van der Waals surface area contributed by atoms with E-state index in [4.69, 9.17) is 10.2 Å². The van der Waals surface area contributed by atoms with E-state index < -0.39 is 0 Å².